The van der Waals surface area contributed by atoms with Gasteiger partial charge in [-0.05, 0) is 43.6 Å². The first-order valence-electron chi connectivity index (χ1n) is 5.97. The number of aromatic nitrogens is 1. The number of hydrogen-bond donors (Lipinski definition) is 2. The third-order valence-corrected chi connectivity index (χ3v) is 2.64. The van der Waals surface area contributed by atoms with Crippen LogP contribution in [0.1, 0.15) is 31.5 Å². The van der Waals surface area contributed by atoms with Crippen molar-refractivity contribution in [2.75, 3.05) is 13.6 Å². The Morgan fingerprint density at radius 3 is 2.82 bits per heavy atom. The van der Waals surface area contributed by atoms with Gasteiger partial charge < -0.3 is 10.6 Å². The largest absolute Gasteiger partial charge is 0.382 e. The fourth-order valence-corrected chi connectivity index (χ4v) is 1.59. The molecule has 0 aliphatic carbocycles. The second kappa shape index (κ2) is 6.35. The molecule has 0 atom stereocenters. The van der Waals surface area contributed by atoms with Crippen molar-refractivity contribution in [3.63, 3.8) is 0 Å². The summed E-state index contributed by atoms with van der Waals surface area (Å²) in [6, 6.07) is 3.85. The lowest BCUT2D eigenvalue weighted by Gasteiger charge is -2.18. The van der Waals surface area contributed by atoms with Crippen molar-refractivity contribution in [1.29, 1.82) is 5.41 Å². The summed E-state index contributed by atoms with van der Waals surface area (Å²) in [7, 11) is 2.11. The van der Waals surface area contributed by atoms with Crippen LogP contribution in [0.4, 0.5) is 0 Å². The number of rotatable bonds is 6. The zero-order chi connectivity index (χ0) is 12.8. The minimum atomic E-state index is 0.0247. The van der Waals surface area contributed by atoms with Gasteiger partial charge in [-0.1, -0.05) is 13.8 Å². The van der Waals surface area contributed by atoms with E-state index in [0.29, 0.717) is 5.69 Å². The Bertz CT molecular complexity index is 373. The molecule has 0 radical (unpaired) electrons. The summed E-state index contributed by atoms with van der Waals surface area (Å²) >= 11 is 0. The topological polar surface area (TPSA) is 66.0 Å². The molecule has 1 aromatic heterocycles. The summed E-state index contributed by atoms with van der Waals surface area (Å²) < 4.78 is 0. The van der Waals surface area contributed by atoms with Gasteiger partial charge in [0.1, 0.15) is 11.5 Å². The van der Waals surface area contributed by atoms with E-state index in [0.717, 1.165) is 24.6 Å². The lowest BCUT2D eigenvalue weighted by atomic mass is 10.1. The molecule has 0 saturated heterocycles. The van der Waals surface area contributed by atoms with E-state index in [1.54, 1.807) is 6.20 Å². The quantitative estimate of drug-likeness (QED) is 0.583. The number of amidine groups is 1. The van der Waals surface area contributed by atoms with Crippen molar-refractivity contribution in [2.45, 2.75) is 26.8 Å². The number of nitrogens with two attached hydrogens (primary N) is 1. The Labute approximate surface area is 103 Å². The average Bonchev–Trinajstić information content (AvgIpc) is 2.26. The minimum Gasteiger partial charge on any atom is -0.382 e. The molecular weight excluding hydrogens is 212 g/mol. The Morgan fingerprint density at radius 2 is 2.24 bits per heavy atom. The normalized spacial score (nSPS) is 11.1. The number of nitrogens with one attached hydrogen (secondary N) is 1. The molecule has 0 aromatic carbocycles. The smallest absolute Gasteiger partial charge is 0.141 e. The highest BCUT2D eigenvalue weighted by Crippen LogP contribution is 2.07. The van der Waals surface area contributed by atoms with Gasteiger partial charge in [0.05, 0.1) is 0 Å². The van der Waals surface area contributed by atoms with Gasteiger partial charge in [0.2, 0.25) is 0 Å². The molecule has 0 bridgehead atoms. The van der Waals surface area contributed by atoms with Crippen molar-refractivity contribution in [3.05, 3.63) is 29.6 Å². The Kier molecular flexibility index (Phi) is 5.10. The summed E-state index contributed by atoms with van der Waals surface area (Å²) in [6.45, 7) is 6.41. The highest BCUT2D eigenvalue weighted by molar-refractivity contribution is 5.93. The van der Waals surface area contributed by atoms with Crippen molar-refractivity contribution < 1.29 is 0 Å². The van der Waals surface area contributed by atoms with E-state index in [1.807, 2.05) is 12.1 Å². The fraction of sp³-hybridized carbons (Fsp3) is 0.538. The molecule has 94 valence electrons. The van der Waals surface area contributed by atoms with Crippen LogP contribution in [0.3, 0.4) is 0 Å². The molecule has 17 heavy (non-hydrogen) atoms. The zero-order valence-corrected chi connectivity index (χ0v) is 10.9. The van der Waals surface area contributed by atoms with Gasteiger partial charge in [-0.3, -0.25) is 10.4 Å². The zero-order valence-electron chi connectivity index (χ0n) is 10.9. The van der Waals surface area contributed by atoms with Crippen LogP contribution in [0.25, 0.3) is 0 Å². The van der Waals surface area contributed by atoms with Crippen LogP contribution >= 0.6 is 0 Å². The number of nitrogen functional groups attached to an aromatic ring is 1. The van der Waals surface area contributed by atoms with Gasteiger partial charge in [-0.2, -0.15) is 0 Å². The van der Waals surface area contributed by atoms with Crippen molar-refractivity contribution in [2.24, 2.45) is 11.7 Å². The standard InChI is InChI=1S/C13H22N4/c1-10(2)5-7-17(3)9-11-4-6-16-12(8-11)13(14)15/h4,6,8,10H,5,7,9H2,1-3H3,(H3,14,15). The Hall–Kier alpha value is -1.42. The van der Waals surface area contributed by atoms with Crippen LogP contribution in [0, 0.1) is 11.3 Å². The molecule has 0 fully saturated rings. The third kappa shape index (κ3) is 4.95. The number of pyridine rings is 1. The van der Waals surface area contributed by atoms with Gasteiger partial charge in [0, 0.05) is 12.7 Å². The second-order valence-electron chi connectivity index (χ2n) is 4.88. The molecule has 3 N–H and O–H groups in total. The Morgan fingerprint density at radius 1 is 1.53 bits per heavy atom. The van der Waals surface area contributed by atoms with Gasteiger partial charge in [-0.15, -0.1) is 0 Å². The molecule has 1 aromatic rings. The number of nitrogens with zero attached hydrogens (tertiary/aromatic N) is 2. The van der Waals surface area contributed by atoms with E-state index in [1.165, 1.54) is 6.42 Å². The van der Waals surface area contributed by atoms with Crippen LogP contribution in [-0.2, 0) is 6.54 Å². The molecule has 0 amide bonds. The molecule has 4 nitrogen and oxygen atoms in total. The van der Waals surface area contributed by atoms with Crippen molar-refractivity contribution in [1.82, 2.24) is 9.88 Å². The van der Waals surface area contributed by atoms with E-state index < -0.39 is 0 Å². The van der Waals surface area contributed by atoms with Crippen LogP contribution in [-0.4, -0.2) is 29.3 Å². The molecule has 0 unspecified atom stereocenters. The molecule has 1 heterocycles. The fourth-order valence-electron chi connectivity index (χ4n) is 1.59. The first kappa shape index (κ1) is 13.6. The minimum absolute atomic E-state index is 0.0247. The highest BCUT2D eigenvalue weighted by atomic mass is 15.1. The SMILES string of the molecule is CC(C)CCN(C)Cc1ccnc(C(=N)N)c1. The van der Waals surface area contributed by atoms with Crippen molar-refractivity contribution in [3.8, 4) is 0 Å². The summed E-state index contributed by atoms with van der Waals surface area (Å²) in [5, 5.41) is 7.35. The molecule has 0 aliphatic rings. The molecule has 0 spiro atoms. The molecule has 1 rings (SSSR count). The van der Waals surface area contributed by atoms with E-state index in [-0.39, 0.29) is 5.84 Å². The van der Waals surface area contributed by atoms with E-state index in [9.17, 15) is 0 Å². The lowest BCUT2D eigenvalue weighted by molar-refractivity contribution is 0.303. The average molecular weight is 234 g/mol. The monoisotopic (exact) mass is 234 g/mol. The predicted octanol–water partition coefficient (Wildman–Crippen LogP) is 1.84. The van der Waals surface area contributed by atoms with Crippen molar-refractivity contribution >= 4 is 5.84 Å². The van der Waals surface area contributed by atoms with Gasteiger partial charge in [-0.25, -0.2) is 0 Å². The van der Waals surface area contributed by atoms with Crippen LogP contribution in [0.15, 0.2) is 18.3 Å². The third-order valence-electron chi connectivity index (χ3n) is 2.64. The summed E-state index contributed by atoms with van der Waals surface area (Å²) in [5.74, 6) is 0.749. The second-order valence-corrected chi connectivity index (χ2v) is 4.88. The lowest BCUT2D eigenvalue weighted by Crippen LogP contribution is -2.21. The van der Waals surface area contributed by atoms with E-state index in [2.05, 4.69) is 30.8 Å². The summed E-state index contributed by atoms with van der Waals surface area (Å²) in [6.07, 6.45) is 2.91. The van der Waals surface area contributed by atoms with Crippen LogP contribution < -0.4 is 5.73 Å². The highest BCUT2D eigenvalue weighted by Gasteiger charge is 2.04. The van der Waals surface area contributed by atoms with Crippen LogP contribution in [0.2, 0.25) is 0 Å². The maximum absolute atomic E-state index is 7.35. The van der Waals surface area contributed by atoms with Crippen LogP contribution in [0.5, 0.6) is 0 Å². The summed E-state index contributed by atoms with van der Waals surface area (Å²) in [5.41, 5.74) is 7.12. The first-order chi connectivity index (χ1) is 7.99. The molecular formula is C13H22N4. The molecule has 4 heteroatoms. The molecule has 0 saturated carbocycles. The predicted molar refractivity (Wildman–Crippen MR) is 71.0 cm³/mol. The van der Waals surface area contributed by atoms with Gasteiger partial charge in [0.25, 0.3) is 0 Å². The van der Waals surface area contributed by atoms with E-state index >= 15 is 0 Å². The maximum Gasteiger partial charge on any atom is 0.141 e. The Balaban J connectivity index is 2.56. The maximum atomic E-state index is 7.35. The number of hydrogen-bond acceptors (Lipinski definition) is 3. The van der Waals surface area contributed by atoms with Gasteiger partial charge in [0.15, 0.2) is 0 Å². The van der Waals surface area contributed by atoms with E-state index in [4.69, 9.17) is 11.1 Å². The molecule has 0 aliphatic heterocycles. The first-order valence-corrected chi connectivity index (χ1v) is 5.97. The van der Waals surface area contributed by atoms with Gasteiger partial charge >= 0.3 is 0 Å². The summed E-state index contributed by atoms with van der Waals surface area (Å²) in [4.78, 5) is 6.33.